The van der Waals surface area contributed by atoms with E-state index in [4.69, 9.17) is 9.47 Å². The maximum atomic E-state index is 11.4. The normalized spacial score (nSPS) is 10.4. The van der Waals surface area contributed by atoms with E-state index in [1.807, 2.05) is 6.07 Å². The van der Waals surface area contributed by atoms with Crippen LogP contribution in [0.3, 0.4) is 0 Å². The van der Waals surface area contributed by atoms with Crippen molar-refractivity contribution in [3.8, 4) is 5.75 Å². The van der Waals surface area contributed by atoms with Crippen molar-refractivity contribution in [3.63, 3.8) is 0 Å². The summed E-state index contributed by atoms with van der Waals surface area (Å²) in [6.45, 7) is 1.83. The van der Waals surface area contributed by atoms with Crippen molar-refractivity contribution in [3.05, 3.63) is 64.2 Å². The number of anilines is 1. The molecule has 8 heteroatoms. The van der Waals surface area contributed by atoms with Crippen LogP contribution in [0, 0.1) is 10.1 Å². The lowest BCUT2D eigenvalue weighted by molar-refractivity contribution is -0.384. The molecule has 0 aliphatic heterocycles. The molecule has 2 aromatic carbocycles. The Morgan fingerprint density at radius 1 is 1.24 bits per heavy atom. The number of carbonyl (C=O) groups is 1. The maximum absolute atomic E-state index is 11.4. The summed E-state index contributed by atoms with van der Waals surface area (Å²) in [5.41, 5.74) is 4.05. The highest BCUT2D eigenvalue weighted by Crippen LogP contribution is 2.17. The Kier molecular flexibility index (Phi) is 6.47. The van der Waals surface area contributed by atoms with Crippen LogP contribution in [0.25, 0.3) is 0 Å². The van der Waals surface area contributed by atoms with Gasteiger partial charge >= 0.3 is 5.97 Å². The van der Waals surface area contributed by atoms with Gasteiger partial charge in [-0.2, -0.15) is 5.10 Å². The second-order valence-corrected chi connectivity index (χ2v) is 4.81. The lowest BCUT2D eigenvalue weighted by Crippen LogP contribution is -2.15. The van der Waals surface area contributed by atoms with Gasteiger partial charge in [0, 0.05) is 17.7 Å². The average Bonchev–Trinajstić information content (AvgIpc) is 2.61. The van der Waals surface area contributed by atoms with E-state index in [1.54, 1.807) is 37.3 Å². The minimum absolute atomic E-state index is 0.00670. The first-order valence-electron chi connectivity index (χ1n) is 7.51. The van der Waals surface area contributed by atoms with Gasteiger partial charge in [-0.15, -0.1) is 0 Å². The molecule has 0 aliphatic rings. The lowest BCUT2D eigenvalue weighted by Gasteiger charge is -2.08. The molecule has 0 radical (unpaired) electrons. The number of benzene rings is 2. The largest absolute Gasteiger partial charge is 0.481 e. The number of nitro groups is 1. The zero-order chi connectivity index (χ0) is 18.1. The number of non-ortho nitro benzene ring substituents is 1. The van der Waals surface area contributed by atoms with Crippen molar-refractivity contribution in [1.29, 1.82) is 0 Å². The first kappa shape index (κ1) is 17.9. The van der Waals surface area contributed by atoms with E-state index in [1.165, 1.54) is 18.3 Å². The molecule has 0 saturated carbocycles. The van der Waals surface area contributed by atoms with Crippen LogP contribution < -0.4 is 10.2 Å². The molecule has 25 heavy (non-hydrogen) atoms. The van der Waals surface area contributed by atoms with Crippen LogP contribution >= 0.6 is 0 Å². The van der Waals surface area contributed by atoms with Crippen LogP contribution in [-0.4, -0.2) is 30.3 Å². The zero-order valence-electron chi connectivity index (χ0n) is 13.5. The Morgan fingerprint density at radius 3 is 2.64 bits per heavy atom. The molecule has 130 valence electrons. The first-order valence-corrected chi connectivity index (χ1v) is 7.51. The number of para-hydroxylation sites is 1. The summed E-state index contributed by atoms with van der Waals surface area (Å²) < 4.78 is 10.2. The number of nitro benzene ring substituents is 1. The SMILES string of the molecule is CCOC(=O)COc1ccccc1/C=N\Nc1ccc([N+](=O)[O-])cc1. The number of ether oxygens (including phenoxy) is 2. The van der Waals surface area contributed by atoms with Crippen molar-refractivity contribution >= 4 is 23.6 Å². The summed E-state index contributed by atoms with van der Waals surface area (Å²) in [4.78, 5) is 21.5. The quantitative estimate of drug-likeness (QED) is 0.342. The molecule has 0 bridgehead atoms. The molecular weight excluding hydrogens is 326 g/mol. The van der Waals surface area contributed by atoms with Crippen LogP contribution in [0.5, 0.6) is 5.75 Å². The fourth-order valence-electron chi connectivity index (χ4n) is 1.89. The van der Waals surface area contributed by atoms with E-state index in [-0.39, 0.29) is 12.3 Å². The van der Waals surface area contributed by atoms with Gasteiger partial charge in [0.2, 0.25) is 0 Å². The van der Waals surface area contributed by atoms with E-state index >= 15 is 0 Å². The molecule has 0 amide bonds. The number of hydrogen-bond donors (Lipinski definition) is 1. The molecule has 0 spiro atoms. The topological polar surface area (TPSA) is 103 Å². The Hall–Kier alpha value is -3.42. The smallest absolute Gasteiger partial charge is 0.344 e. The molecule has 0 aromatic heterocycles. The van der Waals surface area contributed by atoms with Gasteiger partial charge in [-0.25, -0.2) is 4.79 Å². The standard InChI is InChI=1S/C17H17N3O5/c1-2-24-17(21)12-25-16-6-4-3-5-13(16)11-18-19-14-7-9-15(10-8-14)20(22)23/h3-11,19H,2,12H2,1H3/b18-11-. The van der Waals surface area contributed by atoms with Gasteiger partial charge < -0.3 is 9.47 Å². The van der Waals surface area contributed by atoms with Gasteiger partial charge in [0.1, 0.15) is 5.75 Å². The highest BCUT2D eigenvalue weighted by Gasteiger charge is 2.06. The van der Waals surface area contributed by atoms with Crippen molar-refractivity contribution < 1.29 is 19.2 Å². The molecule has 0 unspecified atom stereocenters. The second-order valence-electron chi connectivity index (χ2n) is 4.81. The molecule has 0 atom stereocenters. The third-order valence-corrected chi connectivity index (χ3v) is 3.05. The van der Waals surface area contributed by atoms with Crippen molar-refractivity contribution in [2.75, 3.05) is 18.6 Å². The molecule has 0 heterocycles. The highest BCUT2D eigenvalue weighted by molar-refractivity contribution is 5.84. The number of nitrogens with zero attached hydrogens (tertiary/aromatic N) is 2. The lowest BCUT2D eigenvalue weighted by atomic mass is 10.2. The highest BCUT2D eigenvalue weighted by atomic mass is 16.6. The third-order valence-electron chi connectivity index (χ3n) is 3.05. The number of nitrogens with one attached hydrogen (secondary N) is 1. The number of carbonyl (C=O) groups excluding carboxylic acids is 1. The van der Waals surface area contributed by atoms with Crippen molar-refractivity contribution in [2.45, 2.75) is 6.92 Å². The molecular formula is C17H17N3O5. The summed E-state index contributed by atoms with van der Waals surface area (Å²) in [6, 6.07) is 13.0. The fraction of sp³-hybridized carbons (Fsp3) is 0.176. The minimum atomic E-state index is -0.468. The molecule has 2 aromatic rings. The summed E-state index contributed by atoms with van der Waals surface area (Å²) in [7, 11) is 0. The van der Waals surface area contributed by atoms with Crippen LogP contribution in [0.15, 0.2) is 53.6 Å². The Balaban J connectivity index is 1.98. The minimum Gasteiger partial charge on any atom is -0.481 e. The number of hydrazone groups is 1. The van der Waals surface area contributed by atoms with E-state index < -0.39 is 10.9 Å². The molecule has 0 saturated heterocycles. The molecule has 2 rings (SSSR count). The molecule has 0 fully saturated rings. The summed E-state index contributed by atoms with van der Waals surface area (Å²) in [6.07, 6.45) is 1.53. The van der Waals surface area contributed by atoms with Gasteiger partial charge in [-0.1, -0.05) is 12.1 Å². The molecule has 0 aliphatic carbocycles. The van der Waals surface area contributed by atoms with Crippen molar-refractivity contribution in [2.24, 2.45) is 5.10 Å². The van der Waals surface area contributed by atoms with Gasteiger partial charge in [-0.05, 0) is 31.2 Å². The van der Waals surface area contributed by atoms with Crippen LogP contribution in [0.2, 0.25) is 0 Å². The van der Waals surface area contributed by atoms with E-state index in [2.05, 4.69) is 10.5 Å². The summed E-state index contributed by atoms with van der Waals surface area (Å²) in [5.74, 6) is 0.0445. The van der Waals surface area contributed by atoms with E-state index in [9.17, 15) is 14.9 Å². The monoisotopic (exact) mass is 343 g/mol. The van der Waals surface area contributed by atoms with E-state index in [0.717, 1.165) is 0 Å². The first-order chi connectivity index (χ1) is 12.1. The average molecular weight is 343 g/mol. The van der Waals surface area contributed by atoms with Crippen LogP contribution in [0.4, 0.5) is 11.4 Å². The van der Waals surface area contributed by atoms with Crippen LogP contribution in [0.1, 0.15) is 12.5 Å². The van der Waals surface area contributed by atoms with Gasteiger partial charge in [-0.3, -0.25) is 15.5 Å². The number of rotatable bonds is 8. The van der Waals surface area contributed by atoms with Gasteiger partial charge in [0.25, 0.3) is 5.69 Å². The third kappa shape index (κ3) is 5.61. The number of esters is 1. The Labute approximate surface area is 144 Å². The van der Waals surface area contributed by atoms with Crippen molar-refractivity contribution in [1.82, 2.24) is 0 Å². The zero-order valence-corrected chi connectivity index (χ0v) is 13.5. The summed E-state index contributed by atoms with van der Waals surface area (Å²) >= 11 is 0. The predicted molar refractivity (Wildman–Crippen MR) is 92.9 cm³/mol. The fourth-order valence-corrected chi connectivity index (χ4v) is 1.89. The van der Waals surface area contributed by atoms with Gasteiger partial charge in [0.15, 0.2) is 6.61 Å². The second kappa shape index (κ2) is 9.02. The predicted octanol–water partition coefficient (Wildman–Crippen LogP) is 2.98. The number of hydrogen-bond acceptors (Lipinski definition) is 7. The van der Waals surface area contributed by atoms with Crippen LogP contribution in [-0.2, 0) is 9.53 Å². The Bertz CT molecular complexity index is 759. The van der Waals surface area contributed by atoms with E-state index in [0.29, 0.717) is 23.6 Å². The summed E-state index contributed by atoms with van der Waals surface area (Å²) in [5, 5.41) is 14.7. The molecule has 1 N–H and O–H groups in total. The van der Waals surface area contributed by atoms with Gasteiger partial charge in [0.05, 0.1) is 23.4 Å². The molecule has 8 nitrogen and oxygen atoms in total. The maximum Gasteiger partial charge on any atom is 0.344 e. The Morgan fingerprint density at radius 2 is 1.96 bits per heavy atom.